The minimum atomic E-state index is -1.23. The lowest BCUT2D eigenvalue weighted by Gasteiger charge is -2.46. The average molecular weight is 216 g/mol. The molecule has 2 heterocycles. The molecule has 15 heavy (non-hydrogen) atoms. The SMILES string of the molecule is CC1(C)COC2(OC1)OCC(C)(C)CO2. The van der Waals surface area contributed by atoms with E-state index in [1.54, 1.807) is 0 Å². The van der Waals surface area contributed by atoms with Crippen LogP contribution in [0.1, 0.15) is 27.7 Å². The Morgan fingerprint density at radius 2 is 0.867 bits per heavy atom. The lowest BCUT2D eigenvalue weighted by molar-refractivity contribution is -0.544. The number of hydrogen-bond donors (Lipinski definition) is 0. The fourth-order valence-corrected chi connectivity index (χ4v) is 1.47. The highest BCUT2D eigenvalue weighted by molar-refractivity contribution is 4.76. The molecule has 2 fully saturated rings. The molecule has 2 aliphatic rings. The van der Waals surface area contributed by atoms with E-state index in [0.717, 1.165) is 0 Å². The van der Waals surface area contributed by atoms with Gasteiger partial charge in [-0.2, -0.15) is 0 Å². The third kappa shape index (κ3) is 2.50. The summed E-state index contributed by atoms with van der Waals surface area (Å²) in [6.45, 7) is 10.7. The van der Waals surface area contributed by atoms with Gasteiger partial charge in [0.05, 0.1) is 26.4 Å². The van der Waals surface area contributed by atoms with Crippen molar-refractivity contribution in [1.82, 2.24) is 0 Å². The van der Waals surface area contributed by atoms with Crippen LogP contribution < -0.4 is 0 Å². The van der Waals surface area contributed by atoms with Crippen LogP contribution in [0.2, 0.25) is 0 Å². The summed E-state index contributed by atoms with van der Waals surface area (Å²) in [6, 6.07) is 0. The van der Waals surface area contributed by atoms with Crippen molar-refractivity contribution in [3.8, 4) is 0 Å². The van der Waals surface area contributed by atoms with Crippen molar-refractivity contribution in [2.45, 2.75) is 33.9 Å². The summed E-state index contributed by atoms with van der Waals surface area (Å²) >= 11 is 0. The normalized spacial score (nSPS) is 32.8. The van der Waals surface area contributed by atoms with Crippen molar-refractivity contribution in [2.75, 3.05) is 26.4 Å². The van der Waals surface area contributed by atoms with Gasteiger partial charge in [-0.3, -0.25) is 0 Å². The first-order valence-corrected chi connectivity index (χ1v) is 5.39. The Labute approximate surface area is 90.8 Å². The molecule has 4 nitrogen and oxygen atoms in total. The van der Waals surface area contributed by atoms with Gasteiger partial charge in [0.15, 0.2) is 0 Å². The summed E-state index contributed by atoms with van der Waals surface area (Å²) in [4.78, 5) is 0. The highest BCUT2D eigenvalue weighted by atomic mass is 17.0. The quantitative estimate of drug-likeness (QED) is 0.618. The molecule has 0 aliphatic carbocycles. The second-order valence-corrected chi connectivity index (χ2v) is 5.98. The zero-order valence-corrected chi connectivity index (χ0v) is 9.96. The van der Waals surface area contributed by atoms with E-state index < -0.39 is 6.16 Å². The molecule has 2 aliphatic heterocycles. The maximum Gasteiger partial charge on any atom is 0.412 e. The lowest BCUT2D eigenvalue weighted by atomic mass is 9.95. The van der Waals surface area contributed by atoms with E-state index >= 15 is 0 Å². The van der Waals surface area contributed by atoms with Crippen molar-refractivity contribution in [3.63, 3.8) is 0 Å². The maximum absolute atomic E-state index is 5.55. The van der Waals surface area contributed by atoms with Crippen LogP contribution in [-0.4, -0.2) is 32.6 Å². The standard InChI is InChI=1S/C11H20O4/c1-9(2)5-12-11(13-6-9)14-7-10(3,4)8-15-11/h5-8H2,1-4H3. The Balaban J connectivity index is 1.95. The van der Waals surface area contributed by atoms with Crippen LogP contribution >= 0.6 is 0 Å². The Kier molecular flexibility index (Phi) is 2.58. The summed E-state index contributed by atoms with van der Waals surface area (Å²) < 4.78 is 22.2. The molecule has 0 aromatic heterocycles. The summed E-state index contributed by atoms with van der Waals surface area (Å²) in [6.07, 6.45) is -1.23. The van der Waals surface area contributed by atoms with E-state index in [1.165, 1.54) is 0 Å². The zero-order chi connectivity index (χ0) is 11.2. The molecule has 0 unspecified atom stereocenters. The molecule has 0 atom stereocenters. The molecule has 0 N–H and O–H groups in total. The highest BCUT2D eigenvalue weighted by Gasteiger charge is 2.48. The van der Waals surface area contributed by atoms with Crippen molar-refractivity contribution in [3.05, 3.63) is 0 Å². The molecular formula is C11H20O4. The van der Waals surface area contributed by atoms with Crippen LogP contribution in [0.5, 0.6) is 0 Å². The van der Waals surface area contributed by atoms with Crippen LogP contribution in [0, 0.1) is 10.8 Å². The van der Waals surface area contributed by atoms with E-state index in [0.29, 0.717) is 26.4 Å². The van der Waals surface area contributed by atoms with E-state index in [4.69, 9.17) is 18.9 Å². The summed E-state index contributed by atoms with van der Waals surface area (Å²) in [5, 5.41) is 0. The fraction of sp³-hybridized carbons (Fsp3) is 1.00. The molecule has 0 saturated carbocycles. The average Bonchev–Trinajstić information content (AvgIpc) is 2.15. The van der Waals surface area contributed by atoms with Gasteiger partial charge in [0.25, 0.3) is 0 Å². The Hall–Kier alpha value is -0.160. The highest BCUT2D eigenvalue weighted by Crippen LogP contribution is 2.36. The lowest BCUT2D eigenvalue weighted by Crippen LogP contribution is -2.56. The second-order valence-electron chi connectivity index (χ2n) is 5.98. The predicted octanol–water partition coefficient (Wildman–Crippen LogP) is 1.74. The van der Waals surface area contributed by atoms with Gasteiger partial charge in [-0.25, -0.2) is 0 Å². The Bertz CT molecular complexity index is 197. The molecule has 2 rings (SSSR count). The van der Waals surface area contributed by atoms with Crippen LogP contribution in [0.25, 0.3) is 0 Å². The molecule has 0 aromatic carbocycles. The summed E-state index contributed by atoms with van der Waals surface area (Å²) in [5.74, 6) is 0. The molecule has 88 valence electrons. The van der Waals surface area contributed by atoms with Crippen molar-refractivity contribution >= 4 is 0 Å². The smallest absolute Gasteiger partial charge is 0.303 e. The first-order chi connectivity index (χ1) is 6.83. The van der Waals surface area contributed by atoms with Crippen molar-refractivity contribution < 1.29 is 18.9 Å². The van der Waals surface area contributed by atoms with Gasteiger partial charge < -0.3 is 18.9 Å². The molecule has 0 radical (unpaired) electrons. The van der Waals surface area contributed by atoms with Gasteiger partial charge in [0, 0.05) is 10.8 Å². The summed E-state index contributed by atoms with van der Waals surface area (Å²) in [7, 11) is 0. The predicted molar refractivity (Wildman–Crippen MR) is 54.1 cm³/mol. The largest absolute Gasteiger partial charge is 0.412 e. The van der Waals surface area contributed by atoms with Gasteiger partial charge in [-0.05, 0) is 0 Å². The molecule has 1 spiro atoms. The van der Waals surface area contributed by atoms with Crippen LogP contribution in [0.4, 0.5) is 0 Å². The molecule has 2 saturated heterocycles. The van der Waals surface area contributed by atoms with Gasteiger partial charge in [0.2, 0.25) is 0 Å². The maximum atomic E-state index is 5.55. The van der Waals surface area contributed by atoms with Gasteiger partial charge in [-0.1, -0.05) is 27.7 Å². The molecule has 0 bridgehead atoms. The number of ether oxygens (including phenoxy) is 4. The van der Waals surface area contributed by atoms with Crippen molar-refractivity contribution in [2.24, 2.45) is 10.8 Å². The minimum Gasteiger partial charge on any atom is -0.303 e. The van der Waals surface area contributed by atoms with Crippen LogP contribution in [-0.2, 0) is 18.9 Å². The molecule has 0 amide bonds. The van der Waals surface area contributed by atoms with Crippen molar-refractivity contribution in [1.29, 1.82) is 0 Å². The molecular weight excluding hydrogens is 196 g/mol. The number of rotatable bonds is 0. The van der Waals surface area contributed by atoms with E-state index in [9.17, 15) is 0 Å². The van der Waals surface area contributed by atoms with Gasteiger partial charge >= 0.3 is 6.16 Å². The zero-order valence-electron chi connectivity index (χ0n) is 9.96. The third-order valence-electron chi connectivity index (χ3n) is 2.56. The van der Waals surface area contributed by atoms with E-state index in [1.807, 2.05) is 0 Å². The minimum absolute atomic E-state index is 0.0327. The monoisotopic (exact) mass is 216 g/mol. The van der Waals surface area contributed by atoms with Gasteiger partial charge in [0.1, 0.15) is 0 Å². The van der Waals surface area contributed by atoms with E-state index in [2.05, 4.69) is 27.7 Å². The molecule has 4 heteroatoms. The first kappa shape index (κ1) is 11.3. The third-order valence-corrected chi connectivity index (χ3v) is 2.56. The van der Waals surface area contributed by atoms with Crippen LogP contribution in [0.3, 0.4) is 0 Å². The van der Waals surface area contributed by atoms with Crippen LogP contribution in [0.15, 0.2) is 0 Å². The second kappa shape index (κ2) is 3.42. The Morgan fingerprint density at radius 3 is 1.13 bits per heavy atom. The summed E-state index contributed by atoms with van der Waals surface area (Å²) in [5.41, 5.74) is 0.0653. The topological polar surface area (TPSA) is 36.9 Å². The van der Waals surface area contributed by atoms with Gasteiger partial charge in [-0.15, -0.1) is 0 Å². The fourth-order valence-electron chi connectivity index (χ4n) is 1.47. The number of hydrogen-bond acceptors (Lipinski definition) is 4. The van der Waals surface area contributed by atoms with E-state index in [-0.39, 0.29) is 10.8 Å². The molecule has 0 aromatic rings. The first-order valence-electron chi connectivity index (χ1n) is 5.39. The Morgan fingerprint density at radius 1 is 0.600 bits per heavy atom.